The van der Waals surface area contributed by atoms with Crippen molar-refractivity contribution in [2.75, 3.05) is 20.3 Å². The summed E-state index contributed by atoms with van der Waals surface area (Å²) in [5.41, 5.74) is 0.878. The monoisotopic (exact) mass is 507 g/mol. The Morgan fingerprint density at radius 3 is 2.38 bits per heavy atom. The zero-order valence-corrected chi connectivity index (χ0v) is 22.0. The first-order chi connectivity index (χ1) is 16.5. The molecule has 0 aliphatic carbocycles. The number of hydrogen-bond acceptors (Lipinski definition) is 6. The molecule has 0 saturated carbocycles. The Kier molecular flexibility index (Phi) is 13.1. The molecular weight excluding hydrogens is 470 g/mol. The summed E-state index contributed by atoms with van der Waals surface area (Å²) in [6, 6.07) is 5.70. The highest BCUT2D eigenvalue weighted by Crippen LogP contribution is 2.35. The molecule has 1 aromatic carbocycles. The molecule has 0 aromatic heterocycles. The van der Waals surface area contributed by atoms with Crippen molar-refractivity contribution in [1.82, 2.24) is 4.90 Å². The summed E-state index contributed by atoms with van der Waals surface area (Å²) in [5, 5.41) is 8.64. The van der Waals surface area contributed by atoms with Crippen molar-refractivity contribution in [2.45, 2.75) is 77.6 Å². The number of methoxy groups -OCH3 is 1. The summed E-state index contributed by atoms with van der Waals surface area (Å²) in [4.78, 5) is 25.7. The predicted molar refractivity (Wildman–Crippen MR) is 142 cm³/mol. The second kappa shape index (κ2) is 15.8. The maximum atomic E-state index is 12.9. The standard InChI is InChI=1S/C26H37NO5S2/c1-3-4-17-32-21-15-14-20(18-22(21)31-2)19-23-25(30)27(26(33)34-23)16-12-10-8-6-5-7-9-11-13-24(28)29/h14-15,18-19H,3-13,16-17H2,1-2H3,(H,28,29). The third kappa shape index (κ3) is 9.66. The van der Waals surface area contributed by atoms with Crippen LogP contribution in [0.5, 0.6) is 11.5 Å². The van der Waals surface area contributed by atoms with E-state index in [-0.39, 0.29) is 12.3 Å². The van der Waals surface area contributed by atoms with Crippen LogP contribution in [0.2, 0.25) is 0 Å². The SMILES string of the molecule is CCCCOc1ccc(C=C2SC(=S)N(CCCCCCCCCCC(=O)O)C2=O)cc1OC. The van der Waals surface area contributed by atoms with E-state index in [9.17, 15) is 9.59 Å². The Morgan fingerprint density at radius 1 is 1.06 bits per heavy atom. The largest absolute Gasteiger partial charge is 0.493 e. The van der Waals surface area contributed by atoms with Gasteiger partial charge in [-0.25, -0.2) is 0 Å². The van der Waals surface area contributed by atoms with Gasteiger partial charge in [-0.1, -0.05) is 81.9 Å². The average Bonchev–Trinajstić information content (AvgIpc) is 3.08. The molecule has 1 N–H and O–H groups in total. The number of aliphatic carboxylic acids is 1. The molecule has 1 aliphatic rings. The molecule has 34 heavy (non-hydrogen) atoms. The van der Waals surface area contributed by atoms with E-state index in [2.05, 4.69) is 6.92 Å². The van der Waals surface area contributed by atoms with Crippen LogP contribution in [0.15, 0.2) is 23.1 Å². The fourth-order valence-corrected chi connectivity index (χ4v) is 4.98. The fourth-order valence-electron chi connectivity index (χ4n) is 3.67. The molecule has 1 fully saturated rings. The smallest absolute Gasteiger partial charge is 0.303 e. The molecule has 0 unspecified atom stereocenters. The maximum absolute atomic E-state index is 12.9. The summed E-state index contributed by atoms with van der Waals surface area (Å²) in [6.45, 7) is 3.42. The van der Waals surface area contributed by atoms with Crippen LogP contribution < -0.4 is 9.47 Å². The van der Waals surface area contributed by atoms with Gasteiger partial charge < -0.3 is 14.6 Å². The van der Waals surface area contributed by atoms with Crippen molar-refractivity contribution in [2.24, 2.45) is 0 Å². The van der Waals surface area contributed by atoms with Crippen LogP contribution in [-0.4, -0.2) is 46.5 Å². The Labute approximate surface area is 213 Å². The van der Waals surface area contributed by atoms with Crippen LogP contribution >= 0.6 is 24.0 Å². The Balaban J connectivity index is 1.77. The molecule has 8 heteroatoms. The van der Waals surface area contributed by atoms with Crippen molar-refractivity contribution in [3.05, 3.63) is 28.7 Å². The van der Waals surface area contributed by atoms with Gasteiger partial charge in [-0.2, -0.15) is 0 Å². The van der Waals surface area contributed by atoms with E-state index in [0.29, 0.717) is 33.9 Å². The number of ether oxygens (including phenoxy) is 2. The fraction of sp³-hybridized carbons (Fsp3) is 0.577. The van der Waals surface area contributed by atoms with E-state index in [0.717, 1.165) is 69.8 Å². The van der Waals surface area contributed by atoms with E-state index in [1.165, 1.54) is 11.8 Å². The van der Waals surface area contributed by atoms with Crippen molar-refractivity contribution in [1.29, 1.82) is 0 Å². The van der Waals surface area contributed by atoms with E-state index in [1.54, 1.807) is 12.0 Å². The first-order valence-electron chi connectivity index (χ1n) is 12.2. The van der Waals surface area contributed by atoms with Gasteiger partial charge in [0.25, 0.3) is 5.91 Å². The van der Waals surface area contributed by atoms with Gasteiger partial charge >= 0.3 is 5.97 Å². The molecule has 0 atom stereocenters. The molecule has 6 nitrogen and oxygen atoms in total. The third-order valence-corrected chi connectivity index (χ3v) is 7.01. The third-order valence-electron chi connectivity index (χ3n) is 5.64. The lowest BCUT2D eigenvalue weighted by Crippen LogP contribution is -2.29. The number of thioether (sulfide) groups is 1. The van der Waals surface area contributed by atoms with Crippen molar-refractivity contribution in [3.8, 4) is 11.5 Å². The molecular formula is C26H37NO5S2. The average molecular weight is 508 g/mol. The minimum absolute atomic E-state index is 0.0318. The normalized spacial score (nSPS) is 14.8. The van der Waals surface area contributed by atoms with E-state index in [1.807, 2.05) is 24.3 Å². The van der Waals surface area contributed by atoms with Gasteiger partial charge in [0.15, 0.2) is 11.5 Å². The Morgan fingerprint density at radius 2 is 1.74 bits per heavy atom. The minimum Gasteiger partial charge on any atom is -0.493 e. The molecule has 0 spiro atoms. The maximum Gasteiger partial charge on any atom is 0.303 e. The van der Waals surface area contributed by atoms with Gasteiger partial charge in [0, 0.05) is 13.0 Å². The molecule has 1 aliphatic heterocycles. The van der Waals surface area contributed by atoms with Gasteiger partial charge in [-0.15, -0.1) is 0 Å². The zero-order chi connectivity index (χ0) is 24.8. The number of carbonyl (C=O) groups is 2. The van der Waals surface area contributed by atoms with Gasteiger partial charge in [-0.05, 0) is 43.0 Å². The van der Waals surface area contributed by atoms with Crippen LogP contribution in [0.3, 0.4) is 0 Å². The second-order valence-electron chi connectivity index (χ2n) is 8.42. The zero-order valence-electron chi connectivity index (χ0n) is 20.3. The molecule has 1 aromatic rings. The minimum atomic E-state index is -0.712. The molecule has 1 saturated heterocycles. The summed E-state index contributed by atoms with van der Waals surface area (Å²) in [7, 11) is 1.62. The number of carbonyl (C=O) groups excluding carboxylic acids is 1. The number of benzene rings is 1. The summed E-state index contributed by atoms with van der Waals surface area (Å²) in [5.74, 6) is 0.620. The number of hydrogen-bond donors (Lipinski definition) is 1. The van der Waals surface area contributed by atoms with Crippen molar-refractivity contribution < 1.29 is 24.2 Å². The van der Waals surface area contributed by atoms with Crippen LogP contribution in [0.4, 0.5) is 0 Å². The first-order valence-corrected chi connectivity index (χ1v) is 13.5. The molecule has 1 amide bonds. The van der Waals surface area contributed by atoms with Crippen LogP contribution in [0, 0.1) is 0 Å². The molecule has 2 rings (SSSR count). The number of rotatable bonds is 17. The van der Waals surface area contributed by atoms with Crippen molar-refractivity contribution in [3.63, 3.8) is 0 Å². The van der Waals surface area contributed by atoms with Gasteiger partial charge in [0.2, 0.25) is 0 Å². The van der Waals surface area contributed by atoms with E-state index in [4.69, 9.17) is 26.8 Å². The lowest BCUT2D eigenvalue weighted by atomic mass is 10.1. The quantitative estimate of drug-likeness (QED) is 0.143. The number of thiocarbonyl (C=S) groups is 1. The van der Waals surface area contributed by atoms with Gasteiger partial charge in [0.1, 0.15) is 4.32 Å². The Bertz CT molecular complexity index is 856. The summed E-state index contributed by atoms with van der Waals surface area (Å²) >= 11 is 6.81. The van der Waals surface area contributed by atoms with Crippen LogP contribution in [0.1, 0.15) is 83.1 Å². The highest BCUT2D eigenvalue weighted by Gasteiger charge is 2.31. The van der Waals surface area contributed by atoms with Crippen LogP contribution in [-0.2, 0) is 9.59 Å². The molecule has 0 radical (unpaired) electrons. The summed E-state index contributed by atoms with van der Waals surface area (Å²) in [6.07, 6.45) is 12.4. The van der Waals surface area contributed by atoms with E-state index >= 15 is 0 Å². The summed E-state index contributed by atoms with van der Waals surface area (Å²) < 4.78 is 11.9. The highest BCUT2D eigenvalue weighted by atomic mass is 32.2. The number of amides is 1. The number of unbranched alkanes of at least 4 members (excludes halogenated alkanes) is 8. The highest BCUT2D eigenvalue weighted by molar-refractivity contribution is 8.26. The molecule has 1 heterocycles. The topological polar surface area (TPSA) is 76.1 Å². The number of nitrogens with zero attached hydrogens (tertiary/aromatic N) is 1. The number of carboxylic acids is 1. The molecule has 188 valence electrons. The molecule has 0 bridgehead atoms. The van der Waals surface area contributed by atoms with Crippen LogP contribution in [0.25, 0.3) is 6.08 Å². The van der Waals surface area contributed by atoms with E-state index < -0.39 is 5.97 Å². The second-order valence-corrected chi connectivity index (χ2v) is 10.1. The van der Waals surface area contributed by atoms with Crippen molar-refractivity contribution >= 4 is 46.3 Å². The predicted octanol–water partition coefficient (Wildman–Crippen LogP) is 6.67. The lowest BCUT2D eigenvalue weighted by Gasteiger charge is -2.14. The van der Waals surface area contributed by atoms with Gasteiger partial charge in [0.05, 0.1) is 18.6 Å². The Hall–Kier alpha value is -2.06. The first kappa shape index (κ1) is 28.2. The van der Waals surface area contributed by atoms with Gasteiger partial charge in [-0.3, -0.25) is 14.5 Å². The number of carboxylic acid groups (broad SMARTS) is 1. The lowest BCUT2D eigenvalue weighted by molar-refractivity contribution is -0.137.